The fraction of sp³-hybridized carbons (Fsp3) is 0.545. The molecule has 66 valence electrons. The summed E-state index contributed by atoms with van der Waals surface area (Å²) in [5.74, 6) is 1.07. The van der Waals surface area contributed by atoms with Gasteiger partial charge in [0.2, 0.25) is 0 Å². The van der Waals surface area contributed by atoms with Crippen LogP contribution in [0.15, 0.2) is 28.9 Å². The minimum atomic E-state index is 0.512. The molecule has 0 aromatic heterocycles. The lowest BCUT2D eigenvalue weighted by Crippen LogP contribution is -2.12. The number of rotatable bonds is 2. The Morgan fingerprint density at radius 1 is 1.17 bits per heavy atom. The maximum absolute atomic E-state index is 4.42. The standard InChI is InChI=1S/C11H17N/c1-7(2)10-6-9(5)12-11(10)8(3)4/h6-8H,5H2,1-4H3. The summed E-state index contributed by atoms with van der Waals surface area (Å²) in [5, 5.41) is 0. The van der Waals surface area contributed by atoms with Crippen molar-refractivity contribution in [3.8, 4) is 0 Å². The van der Waals surface area contributed by atoms with Gasteiger partial charge in [0.15, 0.2) is 0 Å². The van der Waals surface area contributed by atoms with Crippen molar-refractivity contribution >= 4 is 5.71 Å². The summed E-state index contributed by atoms with van der Waals surface area (Å²) in [6.45, 7) is 12.6. The molecule has 0 aromatic carbocycles. The van der Waals surface area contributed by atoms with E-state index in [1.807, 2.05) is 0 Å². The van der Waals surface area contributed by atoms with Crippen molar-refractivity contribution in [2.45, 2.75) is 27.7 Å². The van der Waals surface area contributed by atoms with E-state index in [2.05, 4.69) is 45.3 Å². The van der Waals surface area contributed by atoms with Crippen LogP contribution < -0.4 is 0 Å². The Kier molecular flexibility index (Phi) is 2.51. The number of hydrogen-bond donors (Lipinski definition) is 0. The Bertz CT molecular complexity index is 228. The first-order valence-electron chi connectivity index (χ1n) is 4.51. The van der Waals surface area contributed by atoms with Crippen LogP contribution in [0.2, 0.25) is 0 Å². The second-order valence-electron chi connectivity index (χ2n) is 3.90. The van der Waals surface area contributed by atoms with Crippen LogP contribution in [0.1, 0.15) is 27.7 Å². The van der Waals surface area contributed by atoms with Crippen LogP contribution >= 0.6 is 0 Å². The Hall–Kier alpha value is -0.850. The molecule has 1 nitrogen and oxygen atoms in total. The van der Waals surface area contributed by atoms with Crippen molar-refractivity contribution < 1.29 is 0 Å². The molecule has 0 bridgehead atoms. The molecule has 0 amide bonds. The summed E-state index contributed by atoms with van der Waals surface area (Å²) in [5.41, 5.74) is 3.48. The van der Waals surface area contributed by atoms with Gasteiger partial charge in [0.05, 0.1) is 5.70 Å². The molecule has 1 heterocycles. The molecule has 12 heavy (non-hydrogen) atoms. The maximum Gasteiger partial charge on any atom is 0.0564 e. The molecule has 1 heteroatoms. The number of allylic oxidation sites excluding steroid dienone is 2. The highest BCUT2D eigenvalue weighted by atomic mass is 14.8. The fourth-order valence-corrected chi connectivity index (χ4v) is 1.43. The lowest BCUT2D eigenvalue weighted by Gasteiger charge is -2.12. The molecule has 0 atom stereocenters. The number of nitrogens with zero attached hydrogens (tertiary/aromatic N) is 1. The molecule has 0 saturated carbocycles. The summed E-state index contributed by atoms with van der Waals surface area (Å²) < 4.78 is 0. The average molecular weight is 163 g/mol. The van der Waals surface area contributed by atoms with Gasteiger partial charge in [-0.3, -0.25) is 4.99 Å². The molecular weight excluding hydrogens is 146 g/mol. The molecule has 1 aliphatic heterocycles. The van der Waals surface area contributed by atoms with Crippen LogP contribution in [0.25, 0.3) is 0 Å². The molecule has 0 unspecified atom stereocenters. The van der Waals surface area contributed by atoms with E-state index in [9.17, 15) is 0 Å². The highest BCUT2D eigenvalue weighted by Gasteiger charge is 2.19. The Balaban J connectivity index is 2.95. The first kappa shape index (κ1) is 9.24. The molecule has 1 rings (SSSR count). The molecule has 0 fully saturated rings. The molecule has 0 spiro atoms. The van der Waals surface area contributed by atoms with Gasteiger partial charge in [0.1, 0.15) is 0 Å². The summed E-state index contributed by atoms with van der Waals surface area (Å²) >= 11 is 0. The van der Waals surface area contributed by atoms with E-state index in [-0.39, 0.29) is 0 Å². The van der Waals surface area contributed by atoms with Gasteiger partial charge >= 0.3 is 0 Å². The van der Waals surface area contributed by atoms with Crippen molar-refractivity contribution in [2.24, 2.45) is 16.8 Å². The van der Waals surface area contributed by atoms with E-state index in [4.69, 9.17) is 0 Å². The van der Waals surface area contributed by atoms with Crippen molar-refractivity contribution in [3.05, 3.63) is 23.9 Å². The van der Waals surface area contributed by atoms with E-state index in [1.165, 1.54) is 11.3 Å². The topological polar surface area (TPSA) is 12.4 Å². The van der Waals surface area contributed by atoms with Crippen molar-refractivity contribution in [3.63, 3.8) is 0 Å². The Morgan fingerprint density at radius 3 is 2.08 bits per heavy atom. The predicted octanol–water partition coefficient (Wildman–Crippen LogP) is 3.19. The van der Waals surface area contributed by atoms with Crippen LogP contribution in [0.3, 0.4) is 0 Å². The molecule has 1 aliphatic rings. The highest BCUT2D eigenvalue weighted by molar-refractivity contribution is 6.05. The quantitative estimate of drug-likeness (QED) is 0.593. The zero-order valence-electron chi connectivity index (χ0n) is 8.39. The summed E-state index contributed by atoms with van der Waals surface area (Å²) in [6.07, 6.45) is 2.10. The van der Waals surface area contributed by atoms with Crippen LogP contribution in [0.5, 0.6) is 0 Å². The average Bonchev–Trinajstić information content (AvgIpc) is 2.31. The summed E-state index contributed by atoms with van der Waals surface area (Å²) in [7, 11) is 0. The minimum Gasteiger partial charge on any atom is -0.254 e. The summed E-state index contributed by atoms with van der Waals surface area (Å²) in [6, 6.07) is 0. The van der Waals surface area contributed by atoms with Crippen LogP contribution in [0, 0.1) is 11.8 Å². The lowest BCUT2D eigenvalue weighted by molar-refractivity contribution is 0.780. The number of hydrogen-bond acceptors (Lipinski definition) is 1. The third-order valence-corrected chi connectivity index (χ3v) is 2.05. The highest BCUT2D eigenvalue weighted by Crippen LogP contribution is 2.25. The van der Waals surface area contributed by atoms with Gasteiger partial charge in [-0.15, -0.1) is 0 Å². The van der Waals surface area contributed by atoms with Crippen molar-refractivity contribution in [2.75, 3.05) is 0 Å². The zero-order chi connectivity index (χ0) is 9.30. The van der Waals surface area contributed by atoms with E-state index in [0.29, 0.717) is 11.8 Å². The van der Waals surface area contributed by atoms with Crippen LogP contribution in [-0.4, -0.2) is 5.71 Å². The molecule has 0 aromatic rings. The second kappa shape index (κ2) is 3.26. The maximum atomic E-state index is 4.42. The van der Waals surface area contributed by atoms with Gasteiger partial charge in [-0.25, -0.2) is 0 Å². The van der Waals surface area contributed by atoms with Crippen molar-refractivity contribution in [1.82, 2.24) is 0 Å². The molecular formula is C11H17N. The lowest BCUT2D eigenvalue weighted by atomic mass is 9.93. The van der Waals surface area contributed by atoms with Gasteiger partial charge in [-0.05, 0) is 23.5 Å². The van der Waals surface area contributed by atoms with E-state index >= 15 is 0 Å². The smallest absolute Gasteiger partial charge is 0.0564 e. The first-order valence-corrected chi connectivity index (χ1v) is 4.51. The molecule has 0 aliphatic carbocycles. The predicted molar refractivity (Wildman–Crippen MR) is 54.3 cm³/mol. The molecule has 0 radical (unpaired) electrons. The Morgan fingerprint density at radius 2 is 1.75 bits per heavy atom. The van der Waals surface area contributed by atoms with Crippen molar-refractivity contribution in [1.29, 1.82) is 0 Å². The van der Waals surface area contributed by atoms with Gasteiger partial charge in [0.25, 0.3) is 0 Å². The third kappa shape index (κ3) is 1.66. The Labute approximate surface area is 74.9 Å². The van der Waals surface area contributed by atoms with Gasteiger partial charge in [-0.2, -0.15) is 0 Å². The van der Waals surface area contributed by atoms with Gasteiger partial charge in [0, 0.05) is 5.71 Å². The fourth-order valence-electron chi connectivity index (χ4n) is 1.43. The minimum absolute atomic E-state index is 0.512. The summed E-state index contributed by atoms with van der Waals surface area (Å²) in [4.78, 5) is 4.42. The normalized spacial score (nSPS) is 17.3. The van der Waals surface area contributed by atoms with E-state index < -0.39 is 0 Å². The van der Waals surface area contributed by atoms with Crippen LogP contribution in [0.4, 0.5) is 0 Å². The number of aliphatic imine (C=N–C) groups is 1. The van der Waals surface area contributed by atoms with Crippen LogP contribution in [-0.2, 0) is 0 Å². The molecule has 0 N–H and O–H groups in total. The van der Waals surface area contributed by atoms with Gasteiger partial charge in [-0.1, -0.05) is 34.3 Å². The molecule has 0 saturated heterocycles. The zero-order valence-corrected chi connectivity index (χ0v) is 8.39. The van der Waals surface area contributed by atoms with Gasteiger partial charge < -0.3 is 0 Å². The van der Waals surface area contributed by atoms with E-state index in [0.717, 1.165) is 5.70 Å². The monoisotopic (exact) mass is 163 g/mol. The second-order valence-corrected chi connectivity index (χ2v) is 3.90. The van der Waals surface area contributed by atoms with E-state index in [1.54, 1.807) is 0 Å². The third-order valence-electron chi connectivity index (χ3n) is 2.05. The first-order chi connectivity index (χ1) is 5.52. The largest absolute Gasteiger partial charge is 0.254 e. The SMILES string of the molecule is C=C1C=C(C(C)C)C(C(C)C)=N1.